The van der Waals surface area contributed by atoms with Gasteiger partial charge in [0.15, 0.2) is 5.78 Å². The highest BCUT2D eigenvalue weighted by molar-refractivity contribution is 14.1. The molecule has 4 heteroatoms. The zero-order valence-corrected chi connectivity index (χ0v) is 13.2. The molecule has 0 bridgehead atoms. The van der Waals surface area contributed by atoms with Crippen molar-refractivity contribution in [3.8, 4) is 0 Å². The first kappa shape index (κ1) is 13.7. The van der Waals surface area contributed by atoms with Crippen LogP contribution in [0.2, 0.25) is 0 Å². The van der Waals surface area contributed by atoms with Crippen molar-refractivity contribution in [1.29, 1.82) is 0 Å². The van der Waals surface area contributed by atoms with Crippen LogP contribution in [-0.2, 0) is 0 Å². The van der Waals surface area contributed by atoms with Gasteiger partial charge in [0.05, 0.1) is 0 Å². The Bertz CT molecular complexity index is 605. The number of benzene rings is 2. The van der Waals surface area contributed by atoms with Crippen LogP contribution in [0.25, 0.3) is 0 Å². The van der Waals surface area contributed by atoms with E-state index >= 15 is 0 Å². The zero-order chi connectivity index (χ0) is 13.3. The minimum Gasteiger partial charge on any atom is -0.289 e. The number of hydrogen-bond donors (Lipinski definition) is 0. The van der Waals surface area contributed by atoms with E-state index in [2.05, 4.69) is 38.5 Å². The molecule has 0 aliphatic heterocycles. The average molecular weight is 419 g/mol. The number of aryl methyl sites for hydroxylation is 1. The molecular formula is C14H9BrFIO. The van der Waals surface area contributed by atoms with Crippen molar-refractivity contribution >= 4 is 44.3 Å². The Morgan fingerprint density at radius 3 is 2.61 bits per heavy atom. The second-order valence-electron chi connectivity index (χ2n) is 3.97. The molecule has 0 saturated heterocycles. The quantitative estimate of drug-likeness (QED) is 0.508. The van der Waals surface area contributed by atoms with Crippen LogP contribution < -0.4 is 0 Å². The Balaban J connectivity index is 2.51. The van der Waals surface area contributed by atoms with E-state index in [9.17, 15) is 9.18 Å². The summed E-state index contributed by atoms with van der Waals surface area (Å²) in [6.45, 7) is 1.77. The van der Waals surface area contributed by atoms with Gasteiger partial charge in [-0.1, -0.05) is 15.9 Å². The number of ketones is 1. The Labute approximate surface area is 127 Å². The molecule has 0 aliphatic carbocycles. The monoisotopic (exact) mass is 418 g/mol. The third-order valence-corrected chi connectivity index (χ3v) is 3.84. The highest BCUT2D eigenvalue weighted by Crippen LogP contribution is 2.23. The van der Waals surface area contributed by atoms with Crippen LogP contribution in [0, 0.1) is 16.3 Å². The molecule has 0 amide bonds. The van der Waals surface area contributed by atoms with Crippen LogP contribution in [-0.4, -0.2) is 5.78 Å². The summed E-state index contributed by atoms with van der Waals surface area (Å²) >= 11 is 5.49. The van der Waals surface area contributed by atoms with E-state index in [0.29, 0.717) is 11.1 Å². The van der Waals surface area contributed by atoms with Gasteiger partial charge in [0.1, 0.15) is 5.82 Å². The van der Waals surface area contributed by atoms with Crippen molar-refractivity contribution in [3.63, 3.8) is 0 Å². The van der Waals surface area contributed by atoms with Crippen LogP contribution in [0.1, 0.15) is 21.5 Å². The summed E-state index contributed by atoms with van der Waals surface area (Å²) < 4.78 is 15.0. The molecule has 0 aromatic heterocycles. The normalized spacial score (nSPS) is 10.4. The van der Waals surface area contributed by atoms with Gasteiger partial charge in [-0.15, -0.1) is 0 Å². The molecule has 18 heavy (non-hydrogen) atoms. The minimum atomic E-state index is -0.389. The Morgan fingerprint density at radius 2 is 1.94 bits per heavy atom. The van der Waals surface area contributed by atoms with E-state index < -0.39 is 0 Å². The maximum atomic E-state index is 13.3. The second kappa shape index (κ2) is 5.48. The lowest BCUT2D eigenvalue weighted by Gasteiger charge is -2.06. The lowest BCUT2D eigenvalue weighted by atomic mass is 10.0. The Kier molecular flexibility index (Phi) is 4.17. The first-order valence-corrected chi connectivity index (χ1v) is 7.11. The van der Waals surface area contributed by atoms with E-state index in [1.165, 1.54) is 12.1 Å². The van der Waals surface area contributed by atoms with Crippen molar-refractivity contribution in [3.05, 3.63) is 66.9 Å². The Morgan fingerprint density at radius 1 is 1.22 bits per heavy atom. The molecule has 2 aromatic carbocycles. The standard InChI is InChI=1S/C14H9BrFIO/c1-8-4-9(6-10(16)5-8)14(18)12-7-11(17)2-3-13(12)15/h2-7H,1H3. The maximum absolute atomic E-state index is 13.3. The van der Waals surface area contributed by atoms with E-state index in [1.807, 2.05) is 12.1 Å². The molecule has 0 radical (unpaired) electrons. The second-order valence-corrected chi connectivity index (χ2v) is 6.07. The van der Waals surface area contributed by atoms with Gasteiger partial charge < -0.3 is 0 Å². The summed E-state index contributed by atoms with van der Waals surface area (Å²) in [6.07, 6.45) is 0. The highest BCUT2D eigenvalue weighted by Gasteiger charge is 2.14. The fourth-order valence-corrected chi connectivity index (χ4v) is 2.61. The van der Waals surface area contributed by atoms with Crippen LogP contribution in [0.3, 0.4) is 0 Å². The molecule has 1 nitrogen and oxygen atoms in total. The summed E-state index contributed by atoms with van der Waals surface area (Å²) in [5, 5.41) is 0. The highest BCUT2D eigenvalue weighted by atomic mass is 127. The van der Waals surface area contributed by atoms with Crippen molar-refractivity contribution in [2.45, 2.75) is 6.92 Å². The molecule has 0 fully saturated rings. The molecule has 92 valence electrons. The lowest BCUT2D eigenvalue weighted by Crippen LogP contribution is -2.04. The van der Waals surface area contributed by atoms with Gasteiger partial charge in [-0.25, -0.2) is 4.39 Å². The van der Waals surface area contributed by atoms with Crippen LogP contribution in [0.4, 0.5) is 4.39 Å². The molecule has 0 spiro atoms. The summed E-state index contributed by atoms with van der Waals surface area (Å²) in [5.41, 5.74) is 1.65. The molecule has 0 N–H and O–H groups in total. The summed E-state index contributed by atoms with van der Waals surface area (Å²) in [6, 6.07) is 9.87. The first-order chi connectivity index (χ1) is 8.47. The van der Waals surface area contributed by atoms with Crippen molar-refractivity contribution < 1.29 is 9.18 Å². The minimum absolute atomic E-state index is 0.178. The largest absolute Gasteiger partial charge is 0.289 e. The van der Waals surface area contributed by atoms with Crippen LogP contribution >= 0.6 is 38.5 Å². The van der Waals surface area contributed by atoms with Crippen molar-refractivity contribution in [1.82, 2.24) is 0 Å². The molecular weight excluding hydrogens is 410 g/mol. The maximum Gasteiger partial charge on any atom is 0.194 e. The SMILES string of the molecule is Cc1cc(F)cc(C(=O)c2cc(I)ccc2Br)c1. The number of rotatable bonds is 2. The van der Waals surface area contributed by atoms with Gasteiger partial charge in [-0.05, 0) is 71.5 Å². The zero-order valence-electron chi connectivity index (χ0n) is 9.51. The summed E-state index contributed by atoms with van der Waals surface area (Å²) in [5.74, 6) is -0.567. The molecule has 0 heterocycles. The van der Waals surface area contributed by atoms with Gasteiger partial charge in [-0.3, -0.25) is 4.79 Å². The van der Waals surface area contributed by atoms with Gasteiger partial charge in [0.25, 0.3) is 0 Å². The molecule has 0 unspecified atom stereocenters. The molecule has 0 saturated carbocycles. The number of carbonyl (C=O) groups excluding carboxylic acids is 1. The number of hydrogen-bond acceptors (Lipinski definition) is 1. The molecule has 0 atom stereocenters. The van der Waals surface area contributed by atoms with Crippen molar-refractivity contribution in [2.75, 3.05) is 0 Å². The fraction of sp³-hybridized carbons (Fsp3) is 0.0714. The van der Waals surface area contributed by atoms with Crippen molar-refractivity contribution in [2.24, 2.45) is 0 Å². The predicted octanol–water partition coefficient (Wildman–Crippen LogP) is 4.73. The fourth-order valence-electron chi connectivity index (χ4n) is 1.69. The predicted molar refractivity (Wildman–Crippen MR) is 81.4 cm³/mol. The molecule has 0 aliphatic rings. The summed E-state index contributed by atoms with van der Waals surface area (Å²) in [7, 11) is 0. The number of halogens is 3. The van der Waals surface area contributed by atoms with E-state index in [1.54, 1.807) is 19.1 Å². The van der Waals surface area contributed by atoms with Gasteiger partial charge in [-0.2, -0.15) is 0 Å². The summed E-state index contributed by atoms with van der Waals surface area (Å²) in [4.78, 5) is 12.3. The van der Waals surface area contributed by atoms with E-state index in [-0.39, 0.29) is 11.6 Å². The van der Waals surface area contributed by atoms with Crippen LogP contribution in [0.15, 0.2) is 40.9 Å². The third kappa shape index (κ3) is 2.98. The van der Waals surface area contributed by atoms with E-state index in [4.69, 9.17) is 0 Å². The van der Waals surface area contributed by atoms with Gasteiger partial charge in [0, 0.05) is 19.2 Å². The number of carbonyl (C=O) groups is 1. The van der Waals surface area contributed by atoms with Gasteiger partial charge in [0.2, 0.25) is 0 Å². The average Bonchev–Trinajstić information content (AvgIpc) is 2.30. The van der Waals surface area contributed by atoms with Gasteiger partial charge >= 0.3 is 0 Å². The molecule has 2 aromatic rings. The Hall–Kier alpha value is -0.750. The topological polar surface area (TPSA) is 17.1 Å². The van der Waals surface area contributed by atoms with Crippen LogP contribution in [0.5, 0.6) is 0 Å². The lowest BCUT2D eigenvalue weighted by molar-refractivity contribution is 0.103. The first-order valence-electron chi connectivity index (χ1n) is 5.24. The smallest absolute Gasteiger partial charge is 0.194 e. The third-order valence-electron chi connectivity index (χ3n) is 2.48. The molecule has 2 rings (SSSR count). The van der Waals surface area contributed by atoms with E-state index in [0.717, 1.165) is 13.6 Å².